The summed E-state index contributed by atoms with van der Waals surface area (Å²) in [5.41, 5.74) is 0.796. The topological polar surface area (TPSA) is 67.9 Å². The Morgan fingerprint density at radius 2 is 1.74 bits per heavy atom. The van der Waals surface area contributed by atoms with E-state index >= 15 is 0 Å². The van der Waals surface area contributed by atoms with Crippen molar-refractivity contribution in [1.82, 2.24) is 10.2 Å². The summed E-state index contributed by atoms with van der Waals surface area (Å²) in [7, 11) is 3.14. The third-order valence-corrected chi connectivity index (χ3v) is 5.43. The lowest BCUT2D eigenvalue weighted by Crippen LogP contribution is -2.46. The van der Waals surface area contributed by atoms with Crippen molar-refractivity contribution >= 4 is 11.8 Å². The monoisotopic (exact) mass is 432 g/mol. The molecule has 0 saturated carbocycles. The van der Waals surface area contributed by atoms with Crippen molar-refractivity contribution in [3.63, 3.8) is 0 Å². The maximum absolute atomic E-state index is 13.8. The Kier molecular flexibility index (Phi) is 7.44. The lowest BCUT2D eigenvalue weighted by molar-refractivity contribution is -0.132. The van der Waals surface area contributed by atoms with Crippen LogP contribution < -0.4 is 14.8 Å². The first-order valence-corrected chi connectivity index (χ1v) is 10.2. The highest BCUT2D eigenvalue weighted by molar-refractivity contribution is 5.94. The molecule has 0 unspecified atom stereocenters. The number of carbonyl (C=O) groups is 2. The molecule has 0 bridgehead atoms. The SMILES string of the molecule is COc1ccc(CCC(=O)N2CCC(NC(=O)c3ccc(F)cc3F)CC2)cc1OC. The first kappa shape index (κ1) is 22.5. The number of nitrogens with zero attached hydrogens (tertiary/aromatic N) is 1. The van der Waals surface area contributed by atoms with Gasteiger partial charge in [0.2, 0.25) is 5.91 Å². The number of hydrogen-bond donors (Lipinski definition) is 1. The van der Waals surface area contributed by atoms with Gasteiger partial charge in [0.15, 0.2) is 11.5 Å². The maximum atomic E-state index is 13.8. The fraction of sp³-hybridized carbons (Fsp3) is 0.391. The Hall–Kier alpha value is -3.16. The van der Waals surface area contributed by atoms with E-state index in [1.165, 1.54) is 0 Å². The smallest absolute Gasteiger partial charge is 0.254 e. The van der Waals surface area contributed by atoms with E-state index in [0.717, 1.165) is 17.7 Å². The molecular weight excluding hydrogens is 406 g/mol. The van der Waals surface area contributed by atoms with E-state index in [-0.39, 0.29) is 17.5 Å². The average molecular weight is 432 g/mol. The number of halogens is 2. The van der Waals surface area contributed by atoms with Gasteiger partial charge in [-0.15, -0.1) is 0 Å². The molecule has 8 heteroatoms. The van der Waals surface area contributed by atoms with Crippen LogP contribution in [0.15, 0.2) is 36.4 Å². The minimum Gasteiger partial charge on any atom is -0.493 e. The molecule has 1 aliphatic rings. The van der Waals surface area contributed by atoms with Crippen molar-refractivity contribution in [2.75, 3.05) is 27.3 Å². The molecule has 1 fully saturated rings. The van der Waals surface area contributed by atoms with E-state index in [0.29, 0.717) is 56.3 Å². The lowest BCUT2D eigenvalue weighted by Gasteiger charge is -2.32. The molecule has 0 spiro atoms. The van der Waals surface area contributed by atoms with Gasteiger partial charge in [-0.05, 0) is 49.1 Å². The van der Waals surface area contributed by atoms with Crippen LogP contribution in [0, 0.1) is 11.6 Å². The van der Waals surface area contributed by atoms with Crippen LogP contribution in [-0.4, -0.2) is 50.1 Å². The third kappa shape index (κ3) is 5.71. The van der Waals surface area contributed by atoms with Crippen LogP contribution in [0.4, 0.5) is 8.78 Å². The molecule has 1 N–H and O–H groups in total. The second kappa shape index (κ2) is 10.2. The molecule has 2 aromatic rings. The molecule has 0 radical (unpaired) electrons. The van der Waals surface area contributed by atoms with Gasteiger partial charge in [-0.25, -0.2) is 8.78 Å². The van der Waals surface area contributed by atoms with Gasteiger partial charge in [0, 0.05) is 31.6 Å². The number of methoxy groups -OCH3 is 2. The molecule has 1 saturated heterocycles. The largest absolute Gasteiger partial charge is 0.493 e. The van der Waals surface area contributed by atoms with Crippen LogP contribution in [0.2, 0.25) is 0 Å². The number of hydrogen-bond acceptors (Lipinski definition) is 4. The second-order valence-corrected chi connectivity index (χ2v) is 7.44. The minimum atomic E-state index is -0.889. The lowest BCUT2D eigenvalue weighted by atomic mass is 10.0. The number of aryl methyl sites for hydroxylation is 1. The highest BCUT2D eigenvalue weighted by Gasteiger charge is 2.25. The van der Waals surface area contributed by atoms with Gasteiger partial charge in [0.05, 0.1) is 19.8 Å². The van der Waals surface area contributed by atoms with E-state index in [4.69, 9.17) is 9.47 Å². The van der Waals surface area contributed by atoms with Crippen LogP contribution in [-0.2, 0) is 11.2 Å². The predicted octanol–water partition coefficient (Wildman–Crippen LogP) is 3.34. The van der Waals surface area contributed by atoms with E-state index < -0.39 is 17.5 Å². The zero-order valence-electron chi connectivity index (χ0n) is 17.6. The number of rotatable bonds is 7. The van der Waals surface area contributed by atoms with Gasteiger partial charge in [-0.1, -0.05) is 6.07 Å². The summed E-state index contributed by atoms with van der Waals surface area (Å²) in [5, 5.41) is 2.77. The predicted molar refractivity (Wildman–Crippen MR) is 111 cm³/mol. The van der Waals surface area contributed by atoms with Crippen molar-refractivity contribution in [3.05, 3.63) is 59.2 Å². The Bertz CT molecular complexity index is 943. The van der Waals surface area contributed by atoms with Gasteiger partial charge >= 0.3 is 0 Å². The van der Waals surface area contributed by atoms with Crippen molar-refractivity contribution in [2.24, 2.45) is 0 Å². The van der Waals surface area contributed by atoms with Crippen LogP contribution in [0.1, 0.15) is 35.2 Å². The van der Waals surface area contributed by atoms with Crippen molar-refractivity contribution in [3.8, 4) is 11.5 Å². The Balaban J connectivity index is 1.47. The van der Waals surface area contributed by atoms with Crippen LogP contribution >= 0.6 is 0 Å². The zero-order chi connectivity index (χ0) is 22.4. The second-order valence-electron chi connectivity index (χ2n) is 7.44. The summed E-state index contributed by atoms with van der Waals surface area (Å²) in [6, 6.07) is 8.30. The summed E-state index contributed by atoms with van der Waals surface area (Å²) in [6.07, 6.45) is 2.11. The number of benzene rings is 2. The fourth-order valence-corrected chi connectivity index (χ4v) is 3.66. The molecule has 1 aliphatic heterocycles. The average Bonchev–Trinajstić information content (AvgIpc) is 2.77. The summed E-state index contributed by atoms with van der Waals surface area (Å²) >= 11 is 0. The summed E-state index contributed by atoms with van der Waals surface area (Å²) in [4.78, 5) is 26.6. The van der Waals surface area contributed by atoms with E-state index in [1.54, 1.807) is 19.1 Å². The zero-order valence-corrected chi connectivity index (χ0v) is 17.6. The number of piperidine rings is 1. The molecule has 0 atom stereocenters. The van der Waals surface area contributed by atoms with Gasteiger partial charge in [0.1, 0.15) is 11.6 Å². The highest BCUT2D eigenvalue weighted by atomic mass is 19.1. The summed E-state index contributed by atoms with van der Waals surface area (Å²) < 4.78 is 37.3. The number of ether oxygens (including phenoxy) is 2. The standard InChI is InChI=1S/C23H26F2N2O4/c1-30-20-7-3-15(13-21(20)31-2)4-8-22(28)27-11-9-17(10-12-27)26-23(29)18-6-5-16(24)14-19(18)25/h3,5-7,13-14,17H,4,8-12H2,1-2H3,(H,26,29). The number of likely N-dealkylation sites (tertiary alicyclic amines) is 1. The van der Waals surface area contributed by atoms with Gasteiger partial charge in [-0.2, -0.15) is 0 Å². The molecule has 1 heterocycles. The van der Waals surface area contributed by atoms with E-state index in [2.05, 4.69) is 5.32 Å². The Morgan fingerprint density at radius 1 is 1.03 bits per heavy atom. The van der Waals surface area contributed by atoms with Crippen molar-refractivity contribution in [2.45, 2.75) is 31.7 Å². The molecule has 2 aromatic carbocycles. The normalized spacial score (nSPS) is 14.3. The molecule has 0 aromatic heterocycles. The summed E-state index contributed by atoms with van der Waals surface area (Å²) in [5.74, 6) is -0.877. The van der Waals surface area contributed by atoms with Gasteiger partial charge in [-0.3, -0.25) is 9.59 Å². The molecule has 3 rings (SSSR count). The fourth-order valence-electron chi connectivity index (χ4n) is 3.66. The van der Waals surface area contributed by atoms with Crippen LogP contribution in [0.3, 0.4) is 0 Å². The van der Waals surface area contributed by atoms with Crippen molar-refractivity contribution < 1.29 is 27.8 Å². The maximum Gasteiger partial charge on any atom is 0.254 e. The van der Waals surface area contributed by atoms with Gasteiger partial charge in [0.25, 0.3) is 5.91 Å². The van der Waals surface area contributed by atoms with Crippen LogP contribution in [0.5, 0.6) is 11.5 Å². The summed E-state index contributed by atoms with van der Waals surface area (Å²) in [6.45, 7) is 1.03. The first-order chi connectivity index (χ1) is 14.9. The molecule has 31 heavy (non-hydrogen) atoms. The highest BCUT2D eigenvalue weighted by Crippen LogP contribution is 2.28. The van der Waals surface area contributed by atoms with Crippen molar-refractivity contribution in [1.29, 1.82) is 0 Å². The Labute approximate surface area is 180 Å². The minimum absolute atomic E-state index is 0.0455. The molecule has 0 aliphatic carbocycles. The molecule has 166 valence electrons. The number of carbonyl (C=O) groups excluding carboxylic acids is 2. The third-order valence-electron chi connectivity index (χ3n) is 5.43. The van der Waals surface area contributed by atoms with E-state index in [9.17, 15) is 18.4 Å². The molecule has 6 nitrogen and oxygen atoms in total. The molecular formula is C23H26F2N2O4. The first-order valence-electron chi connectivity index (χ1n) is 10.2. The van der Waals surface area contributed by atoms with Crippen LogP contribution in [0.25, 0.3) is 0 Å². The quantitative estimate of drug-likeness (QED) is 0.729. The number of nitrogens with one attached hydrogen (secondary N) is 1. The van der Waals surface area contributed by atoms with Gasteiger partial charge < -0.3 is 19.7 Å². The number of amides is 2. The molecule has 2 amide bonds. The Morgan fingerprint density at radius 3 is 2.39 bits per heavy atom. The van der Waals surface area contributed by atoms with E-state index in [1.807, 2.05) is 18.2 Å².